The van der Waals surface area contributed by atoms with Gasteiger partial charge in [-0.25, -0.2) is 8.42 Å². The molecule has 0 bridgehead atoms. The van der Waals surface area contributed by atoms with Gasteiger partial charge in [-0.05, 0) is 30.7 Å². The van der Waals surface area contributed by atoms with Gasteiger partial charge in [0.15, 0.2) is 5.78 Å². The smallest absolute Gasteiger partial charge is 0.214 e. The van der Waals surface area contributed by atoms with E-state index in [2.05, 4.69) is 0 Å². The molecular formula is C16H23ClN2O3S. The van der Waals surface area contributed by atoms with Crippen LogP contribution in [0.3, 0.4) is 0 Å². The molecule has 1 fully saturated rings. The molecule has 0 aliphatic carbocycles. The summed E-state index contributed by atoms with van der Waals surface area (Å²) in [5.41, 5.74) is 0.632. The number of sulfonamides is 1. The van der Waals surface area contributed by atoms with E-state index in [0.29, 0.717) is 49.7 Å². The second-order valence-electron chi connectivity index (χ2n) is 5.77. The minimum absolute atomic E-state index is 0.0314. The van der Waals surface area contributed by atoms with Crippen LogP contribution in [0, 0.1) is 0 Å². The highest BCUT2D eigenvalue weighted by atomic mass is 35.5. The summed E-state index contributed by atoms with van der Waals surface area (Å²) in [5.74, 6) is 0.247. The lowest BCUT2D eigenvalue weighted by atomic mass is 10.1. The van der Waals surface area contributed by atoms with Gasteiger partial charge in [0.1, 0.15) is 0 Å². The van der Waals surface area contributed by atoms with Gasteiger partial charge < -0.3 is 0 Å². The third kappa shape index (κ3) is 5.28. The van der Waals surface area contributed by atoms with Gasteiger partial charge in [0.2, 0.25) is 10.0 Å². The number of hydrogen-bond donors (Lipinski definition) is 0. The molecule has 0 spiro atoms. The fourth-order valence-electron chi connectivity index (χ4n) is 2.55. The maximum Gasteiger partial charge on any atom is 0.214 e. The van der Waals surface area contributed by atoms with Crippen LogP contribution in [0.1, 0.15) is 30.1 Å². The van der Waals surface area contributed by atoms with Gasteiger partial charge >= 0.3 is 0 Å². The van der Waals surface area contributed by atoms with E-state index in [1.54, 1.807) is 28.6 Å². The van der Waals surface area contributed by atoms with Crippen molar-refractivity contribution in [2.75, 3.05) is 38.5 Å². The van der Waals surface area contributed by atoms with Crippen molar-refractivity contribution in [3.05, 3.63) is 34.9 Å². The largest absolute Gasteiger partial charge is 0.293 e. The average Bonchev–Trinajstić information content (AvgIpc) is 2.54. The fraction of sp³-hybridized carbons (Fsp3) is 0.562. The number of unbranched alkanes of at least 4 members (excludes halogenated alkanes) is 1. The standard InChI is InChI=1S/C16H23ClN2O3S/c1-2-3-12-23(21,22)19-10-8-18(9-11-19)13-16(20)14-4-6-15(17)7-5-14/h4-7H,2-3,8-13H2,1H3. The van der Waals surface area contributed by atoms with Crippen molar-refractivity contribution in [3.8, 4) is 0 Å². The molecule has 23 heavy (non-hydrogen) atoms. The molecular weight excluding hydrogens is 336 g/mol. The quantitative estimate of drug-likeness (QED) is 0.701. The van der Waals surface area contributed by atoms with E-state index in [-0.39, 0.29) is 11.5 Å². The number of rotatable bonds is 7. The molecule has 0 atom stereocenters. The number of carbonyl (C=O) groups excluding carboxylic acids is 1. The van der Waals surface area contributed by atoms with Gasteiger partial charge in [-0.1, -0.05) is 24.9 Å². The molecule has 0 unspecified atom stereocenters. The molecule has 1 aromatic carbocycles. The van der Waals surface area contributed by atoms with Crippen LogP contribution in [0.25, 0.3) is 0 Å². The van der Waals surface area contributed by atoms with E-state index in [1.807, 2.05) is 11.8 Å². The fourth-order valence-corrected chi connectivity index (χ4v) is 4.31. The third-order valence-electron chi connectivity index (χ3n) is 4.01. The normalized spacial score (nSPS) is 17.3. The average molecular weight is 359 g/mol. The van der Waals surface area contributed by atoms with Crippen LogP contribution in [0.2, 0.25) is 5.02 Å². The first-order chi connectivity index (χ1) is 10.9. The minimum atomic E-state index is -3.15. The first-order valence-electron chi connectivity index (χ1n) is 7.91. The zero-order valence-electron chi connectivity index (χ0n) is 13.4. The van der Waals surface area contributed by atoms with E-state index < -0.39 is 10.0 Å². The number of piperazine rings is 1. The lowest BCUT2D eigenvalue weighted by Gasteiger charge is -2.33. The molecule has 0 N–H and O–H groups in total. The lowest BCUT2D eigenvalue weighted by molar-refractivity contribution is 0.0901. The Labute approximate surface area is 143 Å². The molecule has 0 aromatic heterocycles. The number of ketones is 1. The summed E-state index contributed by atoms with van der Waals surface area (Å²) in [4.78, 5) is 14.2. The van der Waals surface area contributed by atoms with Crippen molar-refractivity contribution in [2.24, 2.45) is 0 Å². The Balaban J connectivity index is 1.85. The molecule has 1 aromatic rings. The molecule has 1 aliphatic rings. The molecule has 128 valence electrons. The van der Waals surface area contributed by atoms with Crippen LogP contribution in [-0.4, -0.2) is 61.9 Å². The Morgan fingerprint density at radius 2 is 1.74 bits per heavy atom. The molecule has 1 aliphatic heterocycles. The minimum Gasteiger partial charge on any atom is -0.293 e. The predicted octanol–water partition coefficient (Wildman–Crippen LogP) is 2.27. The Morgan fingerprint density at radius 1 is 1.13 bits per heavy atom. The number of hydrogen-bond acceptors (Lipinski definition) is 4. The Hall–Kier alpha value is -0.950. The maximum atomic E-state index is 12.2. The summed E-state index contributed by atoms with van der Waals surface area (Å²) in [6.45, 7) is 4.38. The highest BCUT2D eigenvalue weighted by Gasteiger charge is 2.27. The second-order valence-corrected chi connectivity index (χ2v) is 8.30. The van der Waals surface area contributed by atoms with Gasteiger partial charge in [-0.15, -0.1) is 0 Å². The summed E-state index contributed by atoms with van der Waals surface area (Å²) < 4.78 is 25.9. The molecule has 5 nitrogen and oxygen atoms in total. The van der Waals surface area contributed by atoms with Crippen LogP contribution < -0.4 is 0 Å². The molecule has 0 radical (unpaired) electrons. The molecule has 2 rings (SSSR count). The molecule has 1 heterocycles. The SMILES string of the molecule is CCCCS(=O)(=O)N1CCN(CC(=O)c2ccc(Cl)cc2)CC1. The Bertz CT molecular complexity index is 623. The first-order valence-corrected chi connectivity index (χ1v) is 9.90. The summed E-state index contributed by atoms with van der Waals surface area (Å²) in [7, 11) is -3.15. The first kappa shape index (κ1) is 18.4. The third-order valence-corrected chi connectivity index (χ3v) is 6.22. The van der Waals surface area contributed by atoms with Gasteiger partial charge in [0.05, 0.1) is 12.3 Å². The number of nitrogens with zero attached hydrogens (tertiary/aromatic N) is 2. The lowest BCUT2D eigenvalue weighted by Crippen LogP contribution is -2.50. The monoisotopic (exact) mass is 358 g/mol. The van der Waals surface area contributed by atoms with Crippen molar-refractivity contribution in [1.29, 1.82) is 0 Å². The Morgan fingerprint density at radius 3 is 2.30 bits per heavy atom. The number of carbonyl (C=O) groups is 1. The molecule has 0 saturated carbocycles. The zero-order chi connectivity index (χ0) is 16.9. The van der Waals surface area contributed by atoms with Crippen molar-refractivity contribution >= 4 is 27.4 Å². The summed E-state index contributed by atoms with van der Waals surface area (Å²) >= 11 is 5.82. The van der Waals surface area contributed by atoms with Crippen LogP contribution in [0.4, 0.5) is 0 Å². The number of benzene rings is 1. The number of Topliss-reactive ketones (excluding diaryl/α,β-unsaturated/α-hetero) is 1. The van der Waals surface area contributed by atoms with Crippen LogP contribution in [-0.2, 0) is 10.0 Å². The number of halogens is 1. The van der Waals surface area contributed by atoms with Crippen molar-refractivity contribution in [1.82, 2.24) is 9.21 Å². The Kier molecular flexibility index (Phi) is 6.59. The van der Waals surface area contributed by atoms with Crippen molar-refractivity contribution in [3.63, 3.8) is 0 Å². The molecule has 0 amide bonds. The summed E-state index contributed by atoms with van der Waals surface area (Å²) in [6, 6.07) is 6.84. The van der Waals surface area contributed by atoms with Crippen molar-refractivity contribution < 1.29 is 13.2 Å². The summed E-state index contributed by atoms with van der Waals surface area (Å²) in [5, 5.41) is 0.604. The zero-order valence-corrected chi connectivity index (χ0v) is 14.9. The van der Waals surface area contributed by atoms with E-state index in [4.69, 9.17) is 11.6 Å². The van der Waals surface area contributed by atoms with E-state index in [0.717, 1.165) is 6.42 Å². The van der Waals surface area contributed by atoms with Gasteiger partial charge in [0.25, 0.3) is 0 Å². The summed E-state index contributed by atoms with van der Waals surface area (Å²) in [6.07, 6.45) is 1.56. The van der Waals surface area contributed by atoms with Crippen LogP contribution in [0.15, 0.2) is 24.3 Å². The van der Waals surface area contributed by atoms with E-state index >= 15 is 0 Å². The predicted molar refractivity (Wildman–Crippen MR) is 92.5 cm³/mol. The van der Waals surface area contributed by atoms with E-state index in [1.165, 1.54) is 0 Å². The highest BCUT2D eigenvalue weighted by Crippen LogP contribution is 2.13. The highest BCUT2D eigenvalue weighted by molar-refractivity contribution is 7.89. The molecule has 7 heteroatoms. The second kappa shape index (κ2) is 8.24. The van der Waals surface area contributed by atoms with Gasteiger partial charge in [-0.2, -0.15) is 4.31 Å². The van der Waals surface area contributed by atoms with E-state index in [9.17, 15) is 13.2 Å². The van der Waals surface area contributed by atoms with Crippen molar-refractivity contribution in [2.45, 2.75) is 19.8 Å². The van der Waals surface area contributed by atoms with Crippen LogP contribution >= 0.6 is 11.6 Å². The van der Waals surface area contributed by atoms with Gasteiger partial charge in [0, 0.05) is 36.8 Å². The van der Waals surface area contributed by atoms with Gasteiger partial charge in [-0.3, -0.25) is 9.69 Å². The maximum absolute atomic E-state index is 12.2. The van der Waals surface area contributed by atoms with Crippen LogP contribution in [0.5, 0.6) is 0 Å². The molecule has 1 saturated heterocycles. The topological polar surface area (TPSA) is 57.7 Å².